The zero-order valence-corrected chi connectivity index (χ0v) is 17.2. The fraction of sp³-hybridized carbons (Fsp3) is 0.550. The van der Waals surface area contributed by atoms with Crippen molar-refractivity contribution < 1.29 is 27.4 Å². The summed E-state index contributed by atoms with van der Waals surface area (Å²) in [4.78, 5) is 0. The lowest BCUT2D eigenvalue weighted by Crippen LogP contribution is -2.37. The Morgan fingerprint density at radius 2 is 1.97 bits per heavy atom. The number of nitrogens with zero attached hydrogens (tertiary/aromatic N) is 2. The number of aliphatic hydroxyl groups is 1. The Hall–Kier alpha value is -1.75. The van der Waals surface area contributed by atoms with Crippen molar-refractivity contribution in [3.8, 4) is 0 Å². The first-order chi connectivity index (χ1) is 14.3. The van der Waals surface area contributed by atoms with Gasteiger partial charge in [0.05, 0.1) is 6.10 Å². The number of rotatable bonds is 6. The van der Waals surface area contributed by atoms with E-state index in [1.807, 2.05) is 0 Å². The molecular formula is C20H23F4N3O2S. The van der Waals surface area contributed by atoms with Crippen molar-refractivity contribution >= 4 is 12.2 Å². The lowest BCUT2D eigenvalue weighted by Gasteiger charge is -2.17. The third kappa shape index (κ3) is 3.81. The molecule has 2 aliphatic heterocycles. The highest BCUT2D eigenvalue weighted by atomic mass is 32.1. The molecule has 2 aromatic rings. The molecule has 0 saturated carbocycles. The molecular weight excluding hydrogens is 422 g/mol. The van der Waals surface area contributed by atoms with Crippen molar-refractivity contribution in [3.05, 3.63) is 51.1 Å². The molecule has 2 aliphatic rings. The third-order valence-corrected chi connectivity index (χ3v) is 6.46. The van der Waals surface area contributed by atoms with Crippen LogP contribution in [0.3, 0.4) is 0 Å². The molecule has 0 radical (unpaired) electrons. The van der Waals surface area contributed by atoms with Crippen molar-refractivity contribution in [2.75, 3.05) is 13.2 Å². The van der Waals surface area contributed by atoms with Gasteiger partial charge in [-0.2, -0.15) is 0 Å². The third-order valence-electron chi connectivity index (χ3n) is 5.97. The largest absolute Gasteiger partial charge is 0.378 e. The van der Waals surface area contributed by atoms with E-state index >= 15 is 0 Å². The van der Waals surface area contributed by atoms with Gasteiger partial charge in [0.15, 0.2) is 28.0 Å². The monoisotopic (exact) mass is 445 g/mol. The SMILES string of the molecule is Cn1c(CC(O)NC[C@@H]2CCCO2)c2n(c1=S)C[C@@H](c1c(F)c(F)cc(F)c1F)C2. The second-order valence-electron chi connectivity index (χ2n) is 7.89. The Bertz CT molecular complexity index is 990. The molecule has 1 unspecified atom stereocenters. The summed E-state index contributed by atoms with van der Waals surface area (Å²) < 4.78 is 65.3. The van der Waals surface area contributed by atoms with Crippen LogP contribution in [0.15, 0.2) is 6.07 Å². The van der Waals surface area contributed by atoms with Crippen LogP contribution in [-0.2, 0) is 31.2 Å². The molecule has 3 heterocycles. The van der Waals surface area contributed by atoms with Gasteiger partial charge in [0.1, 0.15) is 6.23 Å². The number of halogens is 4. The summed E-state index contributed by atoms with van der Waals surface area (Å²) >= 11 is 5.43. The van der Waals surface area contributed by atoms with Crippen LogP contribution in [-0.4, -0.2) is 39.7 Å². The Balaban J connectivity index is 1.55. The van der Waals surface area contributed by atoms with Gasteiger partial charge in [0.2, 0.25) is 0 Å². The highest BCUT2D eigenvalue weighted by Crippen LogP contribution is 2.36. The summed E-state index contributed by atoms with van der Waals surface area (Å²) in [5.41, 5.74) is 0.817. The molecule has 5 nitrogen and oxygen atoms in total. The second-order valence-corrected chi connectivity index (χ2v) is 8.26. The molecule has 4 rings (SSSR count). The summed E-state index contributed by atoms with van der Waals surface area (Å²) in [6, 6.07) is 0.212. The van der Waals surface area contributed by atoms with E-state index in [2.05, 4.69) is 5.32 Å². The van der Waals surface area contributed by atoms with Crippen molar-refractivity contribution in [1.82, 2.24) is 14.5 Å². The zero-order valence-electron chi connectivity index (χ0n) is 16.4. The highest BCUT2D eigenvalue weighted by Gasteiger charge is 2.34. The van der Waals surface area contributed by atoms with Gasteiger partial charge < -0.3 is 19.0 Å². The lowest BCUT2D eigenvalue weighted by atomic mass is 9.94. The topological polar surface area (TPSA) is 51.4 Å². The van der Waals surface area contributed by atoms with Crippen LogP contribution in [0, 0.1) is 28.0 Å². The van der Waals surface area contributed by atoms with Crippen molar-refractivity contribution in [2.45, 2.75) is 50.5 Å². The smallest absolute Gasteiger partial charge is 0.179 e. The number of nitrogens with one attached hydrogen (secondary N) is 1. The molecule has 0 bridgehead atoms. The minimum absolute atomic E-state index is 0.0703. The highest BCUT2D eigenvalue weighted by molar-refractivity contribution is 7.71. The van der Waals surface area contributed by atoms with E-state index in [9.17, 15) is 22.7 Å². The number of benzene rings is 1. The standard InChI is InChI=1S/C20H23F4N3O2S/c1-26-14(7-16(28)25-8-11-3-2-4-29-11)15-5-10(9-27(15)20(26)30)17-18(23)12(21)6-13(22)19(17)24/h6,10-11,16,25,28H,2-5,7-9H2,1H3/t10-,11-,16?/m0/s1. The number of fused-ring (bicyclic) bond motifs is 1. The van der Waals surface area contributed by atoms with Gasteiger partial charge in [-0.25, -0.2) is 17.6 Å². The van der Waals surface area contributed by atoms with Gasteiger partial charge in [-0.1, -0.05) is 0 Å². The number of hydrogen-bond acceptors (Lipinski definition) is 4. The minimum Gasteiger partial charge on any atom is -0.378 e. The molecule has 0 amide bonds. The van der Waals surface area contributed by atoms with E-state index in [-0.39, 0.29) is 31.6 Å². The van der Waals surface area contributed by atoms with Crippen LogP contribution in [0.25, 0.3) is 0 Å². The van der Waals surface area contributed by atoms with Crippen molar-refractivity contribution in [3.63, 3.8) is 0 Å². The number of imidazole rings is 1. The van der Waals surface area contributed by atoms with Crippen LogP contribution in [0.1, 0.15) is 35.7 Å². The molecule has 0 aliphatic carbocycles. The summed E-state index contributed by atoms with van der Waals surface area (Å²) in [5.74, 6) is -6.37. The van der Waals surface area contributed by atoms with Crippen LogP contribution < -0.4 is 5.32 Å². The molecule has 10 heteroatoms. The minimum atomic E-state index is -1.42. The van der Waals surface area contributed by atoms with Gasteiger partial charge in [0, 0.05) is 62.1 Å². The van der Waals surface area contributed by atoms with Gasteiger partial charge in [0.25, 0.3) is 0 Å². The van der Waals surface area contributed by atoms with Crippen LogP contribution >= 0.6 is 12.2 Å². The van der Waals surface area contributed by atoms with Crippen molar-refractivity contribution in [2.24, 2.45) is 7.05 Å². The Morgan fingerprint density at radius 3 is 2.60 bits per heavy atom. The first-order valence-electron chi connectivity index (χ1n) is 9.91. The van der Waals surface area contributed by atoms with Gasteiger partial charge in [-0.3, -0.25) is 5.32 Å². The summed E-state index contributed by atoms with van der Waals surface area (Å²) in [6.07, 6.45) is 1.54. The maximum Gasteiger partial charge on any atom is 0.179 e. The lowest BCUT2D eigenvalue weighted by molar-refractivity contribution is 0.0773. The van der Waals surface area contributed by atoms with Gasteiger partial charge in [-0.15, -0.1) is 0 Å². The summed E-state index contributed by atoms with van der Waals surface area (Å²) in [7, 11) is 1.76. The van der Waals surface area contributed by atoms with E-state index in [4.69, 9.17) is 17.0 Å². The molecule has 1 saturated heterocycles. The number of ether oxygens (including phenoxy) is 1. The normalized spacial score (nSPS) is 21.9. The Labute approximate surface area is 176 Å². The first-order valence-corrected chi connectivity index (χ1v) is 10.3. The van der Waals surface area contributed by atoms with E-state index in [0.717, 1.165) is 19.4 Å². The zero-order chi connectivity index (χ0) is 21.6. The molecule has 3 atom stereocenters. The maximum absolute atomic E-state index is 14.3. The van der Waals surface area contributed by atoms with E-state index in [1.54, 1.807) is 16.2 Å². The Kier molecular flexibility index (Phi) is 6.02. The van der Waals surface area contributed by atoms with Crippen molar-refractivity contribution in [1.29, 1.82) is 0 Å². The van der Waals surface area contributed by atoms with Gasteiger partial charge >= 0.3 is 0 Å². The molecule has 1 aromatic heterocycles. The molecule has 30 heavy (non-hydrogen) atoms. The molecule has 2 N–H and O–H groups in total. The Morgan fingerprint density at radius 1 is 1.27 bits per heavy atom. The second kappa shape index (κ2) is 8.41. The predicted octanol–water partition coefficient (Wildman–Crippen LogP) is 3.08. The summed E-state index contributed by atoms with van der Waals surface area (Å²) in [6.45, 7) is 1.35. The number of aliphatic hydroxyl groups excluding tert-OH is 1. The molecule has 1 aromatic carbocycles. The number of hydrogen-bond donors (Lipinski definition) is 2. The van der Waals surface area contributed by atoms with E-state index < -0.39 is 41.0 Å². The fourth-order valence-electron chi connectivity index (χ4n) is 4.42. The number of aromatic nitrogens is 2. The molecule has 1 fully saturated rings. The van der Waals surface area contributed by atoms with Crippen LogP contribution in [0.5, 0.6) is 0 Å². The predicted molar refractivity (Wildman–Crippen MR) is 104 cm³/mol. The molecule has 164 valence electrons. The summed E-state index contributed by atoms with van der Waals surface area (Å²) in [5, 5.41) is 13.5. The van der Waals surface area contributed by atoms with Crippen LogP contribution in [0.2, 0.25) is 0 Å². The maximum atomic E-state index is 14.3. The first kappa shape index (κ1) is 21.5. The average molecular weight is 445 g/mol. The van der Waals surface area contributed by atoms with E-state index in [1.165, 1.54) is 0 Å². The van der Waals surface area contributed by atoms with Crippen LogP contribution in [0.4, 0.5) is 17.6 Å². The fourth-order valence-corrected chi connectivity index (χ4v) is 4.72. The average Bonchev–Trinajstić information content (AvgIpc) is 3.42. The van der Waals surface area contributed by atoms with E-state index in [0.29, 0.717) is 22.7 Å². The van der Waals surface area contributed by atoms with Gasteiger partial charge in [-0.05, 0) is 31.5 Å². The quantitative estimate of drug-likeness (QED) is 0.311. The molecule has 0 spiro atoms.